The lowest BCUT2D eigenvalue weighted by Gasteiger charge is -2.36. The number of nitrogens with zero attached hydrogens (tertiary/aromatic N) is 7. The molecule has 0 saturated carbocycles. The number of benzene rings is 1. The van der Waals surface area contributed by atoms with Crippen LogP contribution in [0.2, 0.25) is 5.02 Å². The Hall–Kier alpha value is -2.74. The predicted molar refractivity (Wildman–Crippen MR) is 103 cm³/mol. The van der Waals surface area contributed by atoms with Crippen molar-refractivity contribution in [1.29, 1.82) is 0 Å². The van der Waals surface area contributed by atoms with Gasteiger partial charge in [-0.2, -0.15) is 4.68 Å². The van der Waals surface area contributed by atoms with Crippen molar-refractivity contribution in [3.05, 3.63) is 35.6 Å². The molecule has 4 rings (SSSR count). The quantitative estimate of drug-likeness (QED) is 0.687. The summed E-state index contributed by atoms with van der Waals surface area (Å²) in [5.74, 6) is 0.953. The average Bonchev–Trinajstić information content (AvgIpc) is 3.12. The van der Waals surface area contributed by atoms with Crippen molar-refractivity contribution in [2.24, 2.45) is 5.92 Å². The van der Waals surface area contributed by atoms with Crippen molar-refractivity contribution >= 4 is 34.5 Å². The lowest BCUT2D eigenvalue weighted by Crippen LogP contribution is -2.50. The Balaban J connectivity index is 1.61. The molecule has 9 heteroatoms. The van der Waals surface area contributed by atoms with Crippen molar-refractivity contribution in [1.82, 2.24) is 29.9 Å². The van der Waals surface area contributed by atoms with Gasteiger partial charge < -0.3 is 9.80 Å². The molecule has 3 heterocycles. The molecule has 0 spiro atoms. The van der Waals surface area contributed by atoms with Crippen molar-refractivity contribution in [3.63, 3.8) is 0 Å². The molecule has 0 N–H and O–H groups in total. The van der Waals surface area contributed by atoms with Crippen LogP contribution in [0.1, 0.15) is 13.8 Å². The normalized spacial score (nSPS) is 15.0. The predicted octanol–water partition coefficient (Wildman–Crippen LogP) is 2.17. The van der Waals surface area contributed by atoms with Gasteiger partial charge in [0.1, 0.15) is 6.33 Å². The second-order valence-electron chi connectivity index (χ2n) is 6.81. The van der Waals surface area contributed by atoms with Crippen LogP contribution in [0, 0.1) is 5.92 Å². The highest BCUT2D eigenvalue weighted by atomic mass is 35.5. The van der Waals surface area contributed by atoms with Gasteiger partial charge in [-0.05, 0) is 24.3 Å². The van der Waals surface area contributed by atoms with Crippen LogP contribution in [0.15, 0.2) is 30.6 Å². The molecule has 0 atom stereocenters. The first-order chi connectivity index (χ1) is 13.0. The van der Waals surface area contributed by atoms with Gasteiger partial charge in [-0.3, -0.25) is 4.79 Å². The molecule has 0 radical (unpaired) electrons. The van der Waals surface area contributed by atoms with E-state index in [1.807, 2.05) is 30.9 Å². The summed E-state index contributed by atoms with van der Waals surface area (Å²) in [5, 5.41) is 9.21. The van der Waals surface area contributed by atoms with Crippen molar-refractivity contribution in [2.75, 3.05) is 31.1 Å². The third kappa shape index (κ3) is 3.32. The molecule has 1 saturated heterocycles. The molecular formula is C18H20ClN7O. The summed E-state index contributed by atoms with van der Waals surface area (Å²) in [6.45, 7) is 6.62. The van der Waals surface area contributed by atoms with Crippen LogP contribution in [0.5, 0.6) is 0 Å². The van der Waals surface area contributed by atoms with E-state index in [2.05, 4.69) is 25.2 Å². The first kappa shape index (κ1) is 17.7. The van der Waals surface area contributed by atoms with Crippen LogP contribution in [-0.4, -0.2) is 61.9 Å². The number of rotatable bonds is 3. The van der Waals surface area contributed by atoms with Crippen LogP contribution < -0.4 is 4.90 Å². The molecule has 27 heavy (non-hydrogen) atoms. The maximum Gasteiger partial charge on any atom is 0.225 e. The van der Waals surface area contributed by atoms with E-state index in [-0.39, 0.29) is 11.8 Å². The number of fused-ring (bicyclic) bond motifs is 1. The molecule has 1 amide bonds. The number of carbonyl (C=O) groups excluding carboxylic acids is 1. The summed E-state index contributed by atoms with van der Waals surface area (Å²) in [7, 11) is 0. The standard InChI is InChI=1S/C18H20ClN7O/c1-12(2)18(27)25-9-7-24(8-10-25)16-15-17(21-11-20-16)26(23-22-15)14-5-3-13(19)4-6-14/h3-6,11-12H,7-10H2,1-2H3. The Kier molecular flexibility index (Phi) is 4.65. The molecule has 0 unspecified atom stereocenters. The minimum absolute atomic E-state index is 0.0154. The number of carbonyl (C=O) groups is 1. The third-order valence-corrected chi connectivity index (χ3v) is 4.93. The molecular weight excluding hydrogens is 366 g/mol. The van der Waals surface area contributed by atoms with Crippen molar-refractivity contribution < 1.29 is 4.79 Å². The Morgan fingerprint density at radius 2 is 1.78 bits per heavy atom. The van der Waals surface area contributed by atoms with Gasteiger partial charge in [0.25, 0.3) is 0 Å². The Labute approximate surface area is 161 Å². The zero-order valence-corrected chi connectivity index (χ0v) is 16.0. The number of hydrogen-bond acceptors (Lipinski definition) is 6. The molecule has 140 valence electrons. The second kappa shape index (κ2) is 7.11. The summed E-state index contributed by atoms with van der Waals surface area (Å²) >= 11 is 5.97. The van der Waals surface area contributed by atoms with Gasteiger partial charge >= 0.3 is 0 Å². The minimum Gasteiger partial charge on any atom is -0.351 e. The highest BCUT2D eigenvalue weighted by Gasteiger charge is 2.25. The summed E-state index contributed by atoms with van der Waals surface area (Å²) in [4.78, 5) is 25.0. The fourth-order valence-corrected chi connectivity index (χ4v) is 3.35. The summed E-state index contributed by atoms with van der Waals surface area (Å²) < 4.78 is 1.68. The van der Waals surface area contributed by atoms with Crippen LogP contribution in [-0.2, 0) is 4.79 Å². The highest BCUT2D eigenvalue weighted by Crippen LogP contribution is 2.24. The van der Waals surface area contributed by atoms with Gasteiger partial charge in [-0.15, -0.1) is 5.10 Å². The van der Waals surface area contributed by atoms with E-state index in [0.717, 1.165) is 11.5 Å². The maximum absolute atomic E-state index is 12.2. The first-order valence-electron chi connectivity index (χ1n) is 8.90. The minimum atomic E-state index is 0.0154. The highest BCUT2D eigenvalue weighted by molar-refractivity contribution is 6.30. The fraction of sp³-hybridized carbons (Fsp3) is 0.389. The maximum atomic E-state index is 12.2. The van der Waals surface area contributed by atoms with Gasteiger partial charge in [-0.25, -0.2) is 9.97 Å². The van der Waals surface area contributed by atoms with E-state index in [4.69, 9.17) is 11.6 Å². The van der Waals surface area contributed by atoms with Gasteiger partial charge in [0.05, 0.1) is 5.69 Å². The monoisotopic (exact) mass is 385 g/mol. The average molecular weight is 386 g/mol. The fourth-order valence-electron chi connectivity index (χ4n) is 3.23. The number of aromatic nitrogens is 5. The lowest BCUT2D eigenvalue weighted by molar-refractivity contribution is -0.134. The zero-order chi connectivity index (χ0) is 19.0. The Morgan fingerprint density at radius 1 is 1.07 bits per heavy atom. The summed E-state index contributed by atoms with van der Waals surface area (Å²) in [6.07, 6.45) is 1.53. The molecule has 0 bridgehead atoms. The van der Waals surface area contributed by atoms with Crippen LogP contribution >= 0.6 is 11.6 Å². The van der Waals surface area contributed by atoms with E-state index in [1.54, 1.807) is 16.8 Å². The van der Waals surface area contributed by atoms with Gasteiger partial charge in [0.15, 0.2) is 17.0 Å². The van der Waals surface area contributed by atoms with Gasteiger partial charge in [-0.1, -0.05) is 30.7 Å². The van der Waals surface area contributed by atoms with Crippen molar-refractivity contribution in [3.8, 4) is 5.69 Å². The number of amides is 1. The van der Waals surface area contributed by atoms with Crippen molar-refractivity contribution in [2.45, 2.75) is 13.8 Å². The Bertz CT molecular complexity index is 962. The third-order valence-electron chi connectivity index (χ3n) is 4.67. The largest absolute Gasteiger partial charge is 0.351 e. The van der Waals surface area contributed by atoms with Gasteiger partial charge in [0, 0.05) is 37.1 Å². The molecule has 2 aromatic heterocycles. The van der Waals surface area contributed by atoms with E-state index in [1.165, 1.54) is 6.33 Å². The molecule has 1 aliphatic heterocycles. The number of anilines is 1. The summed E-state index contributed by atoms with van der Waals surface area (Å²) in [5.41, 5.74) is 2.12. The number of hydrogen-bond donors (Lipinski definition) is 0. The van der Waals surface area contributed by atoms with Crippen LogP contribution in [0.3, 0.4) is 0 Å². The van der Waals surface area contributed by atoms with E-state index >= 15 is 0 Å². The van der Waals surface area contributed by atoms with Gasteiger partial charge in [0.2, 0.25) is 5.91 Å². The van der Waals surface area contributed by atoms with E-state index in [0.29, 0.717) is 42.4 Å². The molecule has 1 fully saturated rings. The van der Waals surface area contributed by atoms with E-state index < -0.39 is 0 Å². The Morgan fingerprint density at radius 3 is 2.44 bits per heavy atom. The van der Waals surface area contributed by atoms with Crippen LogP contribution in [0.4, 0.5) is 5.82 Å². The molecule has 1 aliphatic rings. The SMILES string of the molecule is CC(C)C(=O)N1CCN(c2ncnc3c2nnn3-c2ccc(Cl)cc2)CC1. The smallest absolute Gasteiger partial charge is 0.225 e. The zero-order valence-electron chi connectivity index (χ0n) is 15.2. The summed E-state index contributed by atoms with van der Waals surface area (Å²) in [6, 6.07) is 7.35. The number of piperazine rings is 1. The molecule has 1 aromatic carbocycles. The van der Waals surface area contributed by atoms with E-state index in [9.17, 15) is 4.79 Å². The lowest BCUT2D eigenvalue weighted by atomic mass is 10.1. The second-order valence-corrected chi connectivity index (χ2v) is 7.25. The first-order valence-corrected chi connectivity index (χ1v) is 9.28. The molecule has 3 aromatic rings. The molecule has 0 aliphatic carbocycles. The molecule has 8 nitrogen and oxygen atoms in total. The number of halogens is 1. The van der Waals surface area contributed by atoms with Crippen LogP contribution in [0.25, 0.3) is 16.9 Å². The topological polar surface area (TPSA) is 80.0 Å².